The van der Waals surface area contributed by atoms with Gasteiger partial charge in [0.1, 0.15) is 24.0 Å². The highest BCUT2D eigenvalue weighted by Crippen LogP contribution is 2.37. The largest absolute Gasteiger partial charge is 0.489 e. The molecule has 11 heteroatoms. The van der Waals surface area contributed by atoms with Crippen LogP contribution in [0.4, 0.5) is 20.2 Å². The lowest BCUT2D eigenvalue weighted by molar-refractivity contribution is 0.0942. The average Bonchev–Trinajstić information content (AvgIpc) is 2.97. The second-order valence-corrected chi connectivity index (χ2v) is 9.41. The minimum Gasteiger partial charge on any atom is -0.489 e. The van der Waals surface area contributed by atoms with Gasteiger partial charge in [0.05, 0.1) is 47.8 Å². The number of halogens is 2. The molecule has 1 saturated heterocycles. The lowest BCUT2D eigenvalue weighted by atomic mass is 9.97. The van der Waals surface area contributed by atoms with E-state index >= 15 is 4.39 Å². The zero-order chi connectivity index (χ0) is 27.8. The Balaban J connectivity index is 1.48. The van der Waals surface area contributed by atoms with Gasteiger partial charge in [0.2, 0.25) is 0 Å². The molecule has 1 fully saturated rings. The molecule has 2 amide bonds. The molecule has 3 aromatic carbocycles. The lowest BCUT2D eigenvalue weighted by Crippen LogP contribution is -2.47. The van der Waals surface area contributed by atoms with Crippen molar-refractivity contribution >= 4 is 34.1 Å². The van der Waals surface area contributed by atoms with Gasteiger partial charge in [-0.25, -0.2) is 8.78 Å². The molecular weight excluding hydrogens is 520 g/mol. The maximum atomic E-state index is 15.4. The minimum atomic E-state index is -1.08. The van der Waals surface area contributed by atoms with Gasteiger partial charge in [0, 0.05) is 35.8 Å². The highest BCUT2D eigenvalue weighted by molar-refractivity contribution is 6.10. The number of fused-ring (bicyclic) bond motifs is 2. The van der Waals surface area contributed by atoms with Crippen LogP contribution in [0.25, 0.3) is 22.0 Å². The van der Waals surface area contributed by atoms with Crippen molar-refractivity contribution in [1.82, 2.24) is 10.4 Å². The van der Waals surface area contributed by atoms with Gasteiger partial charge in [-0.15, -0.1) is 0 Å². The van der Waals surface area contributed by atoms with E-state index in [0.717, 1.165) is 17.8 Å². The van der Waals surface area contributed by atoms with Crippen LogP contribution in [0.2, 0.25) is 0 Å². The summed E-state index contributed by atoms with van der Waals surface area (Å²) < 4.78 is 41.0. The summed E-state index contributed by atoms with van der Waals surface area (Å²) in [5, 5.41) is 2.30. The van der Waals surface area contributed by atoms with Crippen molar-refractivity contribution in [3.8, 4) is 16.9 Å². The summed E-state index contributed by atoms with van der Waals surface area (Å²) in [6, 6.07) is 14.2. The number of morpholine rings is 1. The molecule has 0 atom stereocenters. The molecule has 4 aromatic rings. The van der Waals surface area contributed by atoms with Crippen molar-refractivity contribution in [2.24, 2.45) is 5.73 Å². The maximum absolute atomic E-state index is 15.4. The van der Waals surface area contributed by atoms with Crippen LogP contribution in [0.5, 0.6) is 5.75 Å². The molecule has 0 unspecified atom stereocenters. The molecule has 3 heterocycles. The number of amides is 2. The van der Waals surface area contributed by atoms with Crippen molar-refractivity contribution in [2.75, 3.05) is 49.4 Å². The summed E-state index contributed by atoms with van der Waals surface area (Å²) in [6.45, 7) is 2.80. The van der Waals surface area contributed by atoms with Gasteiger partial charge >= 0.3 is 0 Å². The van der Waals surface area contributed by atoms with Crippen LogP contribution >= 0.6 is 0 Å². The molecule has 204 valence electrons. The van der Waals surface area contributed by atoms with Gasteiger partial charge in [0.25, 0.3) is 11.8 Å². The van der Waals surface area contributed by atoms with Crippen molar-refractivity contribution < 1.29 is 27.8 Å². The Kier molecular flexibility index (Phi) is 6.64. The first-order chi connectivity index (χ1) is 19.4. The van der Waals surface area contributed by atoms with Crippen molar-refractivity contribution in [3.05, 3.63) is 83.6 Å². The second-order valence-electron chi connectivity index (χ2n) is 9.41. The molecule has 9 nitrogen and oxygen atoms in total. The number of ether oxygens (including phenoxy) is 2. The van der Waals surface area contributed by atoms with Crippen molar-refractivity contribution in [1.29, 1.82) is 0 Å². The van der Waals surface area contributed by atoms with E-state index in [4.69, 9.17) is 15.2 Å². The second kappa shape index (κ2) is 10.4. The van der Waals surface area contributed by atoms with Crippen LogP contribution in [0.1, 0.15) is 20.7 Å². The number of hydrazine groups is 1. The summed E-state index contributed by atoms with van der Waals surface area (Å²) in [6.07, 6.45) is 1.44. The summed E-state index contributed by atoms with van der Waals surface area (Å²) in [7, 11) is 0. The van der Waals surface area contributed by atoms with E-state index < -0.39 is 23.1 Å². The Labute approximate surface area is 228 Å². The monoisotopic (exact) mass is 545 g/mol. The SMILES string of the molecule is NC(=O)c1cc(F)cc(-c2cccc3c(N4CCOCC4)c(C(=O)NN4CCOc5ccccc54)cnc23)c1F. The number of benzene rings is 3. The van der Waals surface area contributed by atoms with Crippen molar-refractivity contribution in [2.45, 2.75) is 0 Å². The first kappa shape index (κ1) is 25.5. The lowest BCUT2D eigenvalue weighted by Gasteiger charge is -2.33. The fourth-order valence-electron chi connectivity index (χ4n) is 5.15. The smallest absolute Gasteiger partial charge is 0.273 e. The summed E-state index contributed by atoms with van der Waals surface area (Å²) in [5.41, 5.74) is 9.81. The van der Waals surface area contributed by atoms with Crippen LogP contribution in [0.3, 0.4) is 0 Å². The molecule has 0 saturated carbocycles. The molecule has 40 heavy (non-hydrogen) atoms. The number of carbonyl (C=O) groups is 2. The molecule has 0 aliphatic carbocycles. The summed E-state index contributed by atoms with van der Waals surface area (Å²) >= 11 is 0. The third-order valence-corrected chi connectivity index (χ3v) is 7.00. The minimum absolute atomic E-state index is 0.151. The Hall–Kier alpha value is -4.77. The van der Waals surface area contributed by atoms with Gasteiger partial charge in [-0.2, -0.15) is 0 Å². The predicted octanol–water partition coefficient (Wildman–Crippen LogP) is 3.66. The Morgan fingerprint density at radius 3 is 2.52 bits per heavy atom. The first-order valence-corrected chi connectivity index (χ1v) is 12.8. The van der Waals surface area contributed by atoms with E-state index in [9.17, 15) is 14.0 Å². The molecule has 0 bridgehead atoms. The van der Waals surface area contributed by atoms with Gasteiger partial charge in [-0.3, -0.25) is 25.0 Å². The standard InChI is InChI=1S/C29H25F2N5O4/c30-17-14-20(25(31)21(15-17)28(32)37)18-4-3-5-19-26(18)33-16-22(27(19)35-8-11-39-12-9-35)29(38)34-36-10-13-40-24-7-2-1-6-23(24)36/h1-7,14-16H,8-13H2,(H2,32,37)(H,34,38). The van der Waals surface area contributed by atoms with Crippen LogP contribution in [0, 0.1) is 11.6 Å². The number of anilines is 2. The number of hydrogen-bond donors (Lipinski definition) is 2. The summed E-state index contributed by atoms with van der Waals surface area (Å²) in [4.78, 5) is 32.1. The average molecular weight is 546 g/mol. The predicted molar refractivity (Wildman–Crippen MR) is 145 cm³/mol. The third-order valence-electron chi connectivity index (χ3n) is 7.00. The highest BCUT2D eigenvalue weighted by Gasteiger charge is 2.27. The number of nitrogens with one attached hydrogen (secondary N) is 1. The normalized spacial score (nSPS) is 14.9. The molecule has 0 radical (unpaired) electrons. The number of aromatic nitrogens is 1. The molecular formula is C29H25F2N5O4. The highest BCUT2D eigenvalue weighted by atomic mass is 19.1. The Bertz CT molecular complexity index is 1640. The van der Waals surface area contributed by atoms with Crippen LogP contribution in [0.15, 0.2) is 60.8 Å². The van der Waals surface area contributed by atoms with E-state index in [1.54, 1.807) is 23.2 Å². The van der Waals surface area contributed by atoms with Crippen LogP contribution in [-0.2, 0) is 4.74 Å². The van der Waals surface area contributed by atoms with E-state index in [2.05, 4.69) is 10.4 Å². The number of primary amides is 1. The number of pyridine rings is 1. The van der Waals surface area contributed by atoms with E-state index in [1.165, 1.54) is 6.20 Å². The Morgan fingerprint density at radius 2 is 1.73 bits per heavy atom. The van der Waals surface area contributed by atoms with E-state index in [0.29, 0.717) is 67.4 Å². The maximum Gasteiger partial charge on any atom is 0.273 e. The van der Waals surface area contributed by atoms with Gasteiger partial charge < -0.3 is 20.1 Å². The molecule has 1 aromatic heterocycles. The zero-order valence-corrected chi connectivity index (χ0v) is 21.3. The third kappa shape index (κ3) is 4.54. The molecule has 0 spiro atoms. The van der Waals surface area contributed by atoms with E-state index in [1.807, 2.05) is 29.2 Å². The topological polar surface area (TPSA) is 110 Å². The number of nitrogens with two attached hydrogens (primary N) is 1. The van der Waals surface area contributed by atoms with Crippen LogP contribution < -0.4 is 25.8 Å². The fraction of sp³-hybridized carbons (Fsp3) is 0.207. The van der Waals surface area contributed by atoms with E-state index in [-0.39, 0.29) is 17.0 Å². The quantitative estimate of drug-likeness (QED) is 0.394. The van der Waals surface area contributed by atoms with Crippen LogP contribution in [-0.4, -0.2) is 56.3 Å². The number of hydrogen-bond acceptors (Lipinski definition) is 7. The Morgan fingerprint density at radius 1 is 0.925 bits per heavy atom. The molecule has 6 rings (SSSR count). The molecule has 2 aliphatic heterocycles. The first-order valence-electron chi connectivity index (χ1n) is 12.8. The number of nitrogens with zero attached hydrogens (tertiary/aromatic N) is 3. The number of rotatable bonds is 5. The van der Waals surface area contributed by atoms with Gasteiger partial charge in [-0.05, 0) is 24.3 Å². The molecule has 2 aliphatic rings. The number of carbonyl (C=O) groups excluding carboxylic acids is 2. The van der Waals surface area contributed by atoms with Gasteiger partial charge in [-0.1, -0.05) is 30.3 Å². The number of para-hydroxylation sites is 3. The van der Waals surface area contributed by atoms with Crippen molar-refractivity contribution in [3.63, 3.8) is 0 Å². The fourth-order valence-corrected chi connectivity index (χ4v) is 5.15. The zero-order valence-electron chi connectivity index (χ0n) is 21.3. The summed E-state index contributed by atoms with van der Waals surface area (Å²) in [5.74, 6) is -2.55. The van der Waals surface area contributed by atoms with Gasteiger partial charge in [0.15, 0.2) is 0 Å². The molecule has 3 N–H and O–H groups in total.